The summed E-state index contributed by atoms with van der Waals surface area (Å²) in [6.07, 6.45) is 1.08. The number of fused-ring (bicyclic) bond motifs is 1. The summed E-state index contributed by atoms with van der Waals surface area (Å²) in [5, 5.41) is 3.46. The Bertz CT molecular complexity index is 653. The van der Waals surface area contributed by atoms with Crippen LogP contribution in [0.1, 0.15) is 21.7 Å². The van der Waals surface area contributed by atoms with E-state index in [2.05, 4.69) is 44.5 Å². The second kappa shape index (κ2) is 7.92. The van der Waals surface area contributed by atoms with Crippen LogP contribution in [0.5, 0.6) is 0 Å². The van der Waals surface area contributed by atoms with E-state index in [0.717, 1.165) is 37.7 Å². The third-order valence-corrected chi connectivity index (χ3v) is 4.83. The number of nitrogens with one attached hydrogen (secondary N) is 1. The van der Waals surface area contributed by atoms with Gasteiger partial charge >= 0.3 is 0 Å². The van der Waals surface area contributed by atoms with Crippen molar-refractivity contribution in [2.45, 2.75) is 26.4 Å². The molecule has 6 heteroatoms. The van der Waals surface area contributed by atoms with Crippen molar-refractivity contribution >= 4 is 41.3 Å². The number of hydrogen-bond acceptors (Lipinski definition) is 3. The molecule has 0 amide bonds. The van der Waals surface area contributed by atoms with E-state index >= 15 is 0 Å². The molecule has 4 nitrogen and oxygen atoms in total. The Morgan fingerprint density at radius 2 is 2.14 bits per heavy atom. The minimum absolute atomic E-state index is 0. The van der Waals surface area contributed by atoms with Crippen molar-refractivity contribution in [1.29, 1.82) is 0 Å². The summed E-state index contributed by atoms with van der Waals surface area (Å²) in [5.41, 5.74) is 5.86. The first kappa shape index (κ1) is 17.2. The van der Waals surface area contributed by atoms with Gasteiger partial charge in [0.15, 0.2) is 5.96 Å². The van der Waals surface area contributed by atoms with Crippen LogP contribution < -0.4 is 5.32 Å². The smallest absolute Gasteiger partial charge is 0.194 e. The van der Waals surface area contributed by atoms with Crippen LogP contribution in [0, 0.1) is 6.92 Å². The lowest BCUT2D eigenvalue weighted by atomic mass is 10.0. The lowest BCUT2D eigenvalue weighted by Gasteiger charge is -2.31. The predicted octanol–water partition coefficient (Wildman–Crippen LogP) is 3.20. The van der Waals surface area contributed by atoms with Crippen LogP contribution in [0.15, 0.2) is 34.8 Å². The molecular weight excluding hydrogens is 407 g/mol. The summed E-state index contributed by atoms with van der Waals surface area (Å²) in [4.78, 5) is 12.3. The Morgan fingerprint density at radius 1 is 1.36 bits per heavy atom. The Kier molecular flexibility index (Phi) is 6.19. The summed E-state index contributed by atoms with van der Waals surface area (Å²) >= 11 is 1.69. The Labute approximate surface area is 152 Å². The molecule has 2 aromatic rings. The number of guanidine groups is 1. The molecule has 2 heterocycles. The molecule has 0 atom stereocenters. The van der Waals surface area contributed by atoms with Crippen LogP contribution in [-0.2, 0) is 19.5 Å². The maximum absolute atomic E-state index is 4.43. The van der Waals surface area contributed by atoms with Crippen molar-refractivity contribution in [2.24, 2.45) is 4.99 Å². The summed E-state index contributed by atoms with van der Waals surface area (Å²) in [6, 6.07) is 8.67. The largest absolute Gasteiger partial charge is 0.351 e. The molecule has 0 unspecified atom stereocenters. The van der Waals surface area contributed by atoms with Gasteiger partial charge in [-0.15, -0.1) is 35.3 Å². The van der Waals surface area contributed by atoms with E-state index < -0.39 is 0 Å². The molecule has 0 fully saturated rings. The Balaban J connectivity index is 0.00000176. The van der Waals surface area contributed by atoms with E-state index in [1.165, 1.54) is 16.0 Å². The molecule has 3 rings (SSSR count). The van der Waals surface area contributed by atoms with Gasteiger partial charge in [0.25, 0.3) is 0 Å². The highest BCUT2D eigenvalue weighted by molar-refractivity contribution is 14.0. The summed E-state index contributed by atoms with van der Waals surface area (Å²) in [6.45, 7) is 4.78. The van der Waals surface area contributed by atoms with E-state index in [0.29, 0.717) is 0 Å². The van der Waals surface area contributed by atoms with Crippen molar-refractivity contribution in [3.05, 3.63) is 51.5 Å². The van der Waals surface area contributed by atoms with Crippen LogP contribution in [0.3, 0.4) is 0 Å². The minimum Gasteiger partial charge on any atom is -0.351 e. The van der Waals surface area contributed by atoms with Gasteiger partial charge in [-0.05, 0) is 24.5 Å². The molecule has 0 saturated heterocycles. The number of benzene rings is 1. The summed E-state index contributed by atoms with van der Waals surface area (Å²) < 4.78 is 0. The van der Waals surface area contributed by atoms with E-state index in [9.17, 15) is 0 Å². The molecule has 0 aliphatic carbocycles. The number of aryl methyl sites for hydroxylation is 1. The molecule has 1 aliphatic heterocycles. The number of hydrogen-bond donors (Lipinski definition) is 1. The fourth-order valence-corrected chi connectivity index (χ4v) is 3.38. The number of thiazole rings is 1. The zero-order valence-corrected chi connectivity index (χ0v) is 16.0. The molecular formula is C16H21IN4S. The normalized spacial score (nSPS) is 14.3. The number of nitrogens with zero attached hydrogens (tertiary/aromatic N) is 3. The molecule has 0 spiro atoms. The van der Waals surface area contributed by atoms with Gasteiger partial charge in [-0.1, -0.05) is 24.3 Å². The fraction of sp³-hybridized carbons (Fsp3) is 0.375. The van der Waals surface area contributed by atoms with Gasteiger partial charge in [0.2, 0.25) is 0 Å². The zero-order valence-electron chi connectivity index (χ0n) is 12.9. The van der Waals surface area contributed by atoms with Crippen LogP contribution in [0.25, 0.3) is 0 Å². The molecule has 1 aromatic carbocycles. The minimum atomic E-state index is 0. The monoisotopic (exact) mass is 428 g/mol. The van der Waals surface area contributed by atoms with Gasteiger partial charge in [-0.3, -0.25) is 4.99 Å². The number of halogens is 1. The van der Waals surface area contributed by atoms with Crippen LogP contribution in [0.2, 0.25) is 0 Å². The molecule has 22 heavy (non-hydrogen) atoms. The van der Waals surface area contributed by atoms with Crippen molar-refractivity contribution in [3.63, 3.8) is 0 Å². The third kappa shape index (κ3) is 3.78. The zero-order chi connectivity index (χ0) is 14.7. The van der Waals surface area contributed by atoms with E-state index in [1.807, 2.05) is 19.5 Å². The highest BCUT2D eigenvalue weighted by Gasteiger charge is 2.18. The van der Waals surface area contributed by atoms with Crippen LogP contribution in [-0.4, -0.2) is 29.4 Å². The highest BCUT2D eigenvalue weighted by Crippen LogP contribution is 2.18. The summed E-state index contributed by atoms with van der Waals surface area (Å²) in [5.74, 6) is 0.970. The van der Waals surface area contributed by atoms with Gasteiger partial charge < -0.3 is 10.2 Å². The molecule has 0 radical (unpaired) electrons. The van der Waals surface area contributed by atoms with Crippen LogP contribution >= 0.6 is 35.3 Å². The summed E-state index contributed by atoms with van der Waals surface area (Å²) in [7, 11) is 1.85. The predicted molar refractivity (Wildman–Crippen MR) is 103 cm³/mol. The van der Waals surface area contributed by atoms with Crippen molar-refractivity contribution in [1.82, 2.24) is 15.2 Å². The standard InChI is InChI=1S/C16H20N4S.HI/c1-12-15(21-11-19-12)9-18-16(17-2)20-8-7-13-5-3-4-6-14(13)10-20;/h3-6,11H,7-10H2,1-2H3,(H,17,18);1H. The average Bonchev–Trinajstić information content (AvgIpc) is 2.93. The van der Waals surface area contributed by atoms with Crippen molar-refractivity contribution in [3.8, 4) is 0 Å². The fourth-order valence-electron chi connectivity index (χ4n) is 2.66. The van der Waals surface area contributed by atoms with Gasteiger partial charge in [-0.2, -0.15) is 0 Å². The lowest BCUT2D eigenvalue weighted by Crippen LogP contribution is -2.43. The van der Waals surface area contributed by atoms with Gasteiger partial charge in [0.1, 0.15) is 0 Å². The molecule has 118 valence electrons. The maximum Gasteiger partial charge on any atom is 0.194 e. The van der Waals surface area contributed by atoms with E-state index in [4.69, 9.17) is 0 Å². The second-order valence-corrected chi connectivity index (χ2v) is 6.14. The molecule has 0 saturated carbocycles. The first-order chi connectivity index (χ1) is 10.3. The van der Waals surface area contributed by atoms with Crippen molar-refractivity contribution < 1.29 is 0 Å². The lowest BCUT2D eigenvalue weighted by molar-refractivity contribution is 0.378. The first-order valence-electron chi connectivity index (χ1n) is 7.19. The number of rotatable bonds is 2. The van der Waals surface area contributed by atoms with Gasteiger partial charge in [0, 0.05) is 25.0 Å². The van der Waals surface area contributed by atoms with Crippen molar-refractivity contribution in [2.75, 3.05) is 13.6 Å². The number of aromatic nitrogens is 1. The molecule has 0 bridgehead atoms. The average molecular weight is 428 g/mol. The van der Waals surface area contributed by atoms with Crippen LogP contribution in [0.4, 0.5) is 0 Å². The molecule has 1 aromatic heterocycles. The number of aliphatic imine (C=N–C) groups is 1. The van der Waals surface area contributed by atoms with Gasteiger partial charge in [-0.25, -0.2) is 4.98 Å². The highest BCUT2D eigenvalue weighted by atomic mass is 127. The molecule has 1 N–H and O–H groups in total. The van der Waals surface area contributed by atoms with E-state index in [-0.39, 0.29) is 24.0 Å². The quantitative estimate of drug-likeness (QED) is 0.454. The Hall–Kier alpha value is -1.15. The first-order valence-corrected chi connectivity index (χ1v) is 8.07. The Morgan fingerprint density at radius 3 is 2.82 bits per heavy atom. The van der Waals surface area contributed by atoms with Gasteiger partial charge in [0.05, 0.1) is 17.7 Å². The second-order valence-electron chi connectivity index (χ2n) is 5.20. The topological polar surface area (TPSA) is 40.5 Å². The van der Waals surface area contributed by atoms with E-state index in [1.54, 1.807) is 11.3 Å². The maximum atomic E-state index is 4.43. The third-order valence-electron chi connectivity index (χ3n) is 3.89. The molecule has 1 aliphatic rings. The SMILES string of the molecule is CN=C(NCc1scnc1C)N1CCc2ccccc2C1.I.